The molecule has 0 radical (unpaired) electrons. The molecule has 1 atom stereocenters. The fourth-order valence-corrected chi connectivity index (χ4v) is 4.11. The van der Waals surface area contributed by atoms with E-state index in [1.165, 1.54) is 18.3 Å². The first-order valence-electron chi connectivity index (χ1n) is 8.15. The van der Waals surface area contributed by atoms with E-state index >= 15 is 0 Å². The lowest BCUT2D eigenvalue weighted by molar-refractivity contribution is 0.0944. The van der Waals surface area contributed by atoms with Crippen molar-refractivity contribution in [1.29, 1.82) is 0 Å². The van der Waals surface area contributed by atoms with Crippen LogP contribution < -0.4 is 11.1 Å². The molecule has 3 N–H and O–H groups in total. The second-order valence-corrected chi connectivity index (χ2v) is 8.06. The topological polar surface area (TPSA) is 85.1 Å². The van der Waals surface area contributed by atoms with E-state index in [2.05, 4.69) is 10.3 Å². The SMILES string of the molecule is CC(=O)c1cc2c(N)c(C(=O)NC(C)c3ccc(Cl)c(Cl)c3)sc2nc1C. The summed E-state index contributed by atoms with van der Waals surface area (Å²) in [4.78, 5) is 29.9. The van der Waals surface area contributed by atoms with Crippen LogP contribution in [-0.4, -0.2) is 16.7 Å². The van der Waals surface area contributed by atoms with Crippen molar-refractivity contribution in [3.63, 3.8) is 0 Å². The van der Waals surface area contributed by atoms with Gasteiger partial charge in [0.15, 0.2) is 5.78 Å². The number of nitrogens with two attached hydrogens (primary N) is 1. The first-order valence-corrected chi connectivity index (χ1v) is 9.72. The predicted molar refractivity (Wildman–Crippen MR) is 111 cm³/mol. The van der Waals surface area contributed by atoms with E-state index < -0.39 is 0 Å². The summed E-state index contributed by atoms with van der Waals surface area (Å²) in [5.74, 6) is -0.400. The zero-order valence-electron chi connectivity index (χ0n) is 14.9. The van der Waals surface area contributed by atoms with Crippen molar-refractivity contribution in [3.8, 4) is 0 Å². The van der Waals surface area contributed by atoms with Gasteiger partial charge in [0, 0.05) is 16.6 Å². The number of Topliss-reactive ketones (excluding diaryl/α,β-unsaturated/α-hetero) is 1. The maximum atomic E-state index is 12.7. The van der Waals surface area contributed by atoms with Gasteiger partial charge in [-0.15, -0.1) is 11.3 Å². The molecule has 0 saturated carbocycles. The number of carbonyl (C=O) groups excluding carboxylic acids is 2. The quantitative estimate of drug-likeness (QED) is 0.567. The summed E-state index contributed by atoms with van der Waals surface area (Å²) in [6.45, 7) is 5.08. The van der Waals surface area contributed by atoms with Gasteiger partial charge in [0.1, 0.15) is 9.71 Å². The number of pyridine rings is 1. The summed E-state index contributed by atoms with van der Waals surface area (Å²) >= 11 is 13.2. The van der Waals surface area contributed by atoms with Crippen LogP contribution in [0.5, 0.6) is 0 Å². The van der Waals surface area contributed by atoms with E-state index in [0.717, 1.165) is 5.56 Å². The van der Waals surface area contributed by atoms with Gasteiger partial charge >= 0.3 is 0 Å². The summed E-state index contributed by atoms with van der Waals surface area (Å²) < 4.78 is 0. The van der Waals surface area contributed by atoms with Crippen LogP contribution in [0.15, 0.2) is 24.3 Å². The van der Waals surface area contributed by atoms with E-state index in [0.29, 0.717) is 42.1 Å². The molecular weight excluding hydrogens is 405 g/mol. The lowest BCUT2D eigenvalue weighted by atomic mass is 10.1. The number of rotatable bonds is 4. The molecule has 0 spiro atoms. The Hall–Kier alpha value is -2.15. The number of fused-ring (bicyclic) bond motifs is 1. The predicted octanol–water partition coefficient (Wildman–Crippen LogP) is 5.19. The highest BCUT2D eigenvalue weighted by Gasteiger charge is 2.21. The van der Waals surface area contributed by atoms with Gasteiger partial charge in [-0.05, 0) is 44.5 Å². The molecule has 140 valence electrons. The maximum absolute atomic E-state index is 12.7. The highest BCUT2D eigenvalue weighted by Crippen LogP contribution is 2.34. The van der Waals surface area contributed by atoms with Gasteiger partial charge in [0.25, 0.3) is 5.91 Å². The maximum Gasteiger partial charge on any atom is 0.264 e. The van der Waals surface area contributed by atoms with Crippen molar-refractivity contribution in [2.24, 2.45) is 0 Å². The van der Waals surface area contributed by atoms with Crippen LogP contribution >= 0.6 is 34.5 Å². The Kier molecular flexibility index (Phi) is 5.42. The Balaban J connectivity index is 1.92. The third-order valence-corrected chi connectivity index (χ3v) is 6.14. The van der Waals surface area contributed by atoms with Crippen LogP contribution in [0.1, 0.15) is 51.2 Å². The molecule has 2 aromatic heterocycles. The Morgan fingerprint density at radius 2 is 1.93 bits per heavy atom. The minimum absolute atomic E-state index is 0.0910. The van der Waals surface area contributed by atoms with Crippen molar-refractivity contribution < 1.29 is 9.59 Å². The molecule has 2 heterocycles. The number of halogens is 2. The summed E-state index contributed by atoms with van der Waals surface area (Å²) in [5, 5.41) is 4.40. The Bertz CT molecular complexity index is 1080. The number of carbonyl (C=O) groups is 2. The minimum atomic E-state index is -0.309. The molecule has 0 aliphatic carbocycles. The van der Waals surface area contributed by atoms with Crippen LogP contribution in [0.3, 0.4) is 0 Å². The second kappa shape index (κ2) is 7.46. The fourth-order valence-electron chi connectivity index (χ4n) is 2.78. The molecule has 0 saturated heterocycles. The van der Waals surface area contributed by atoms with Crippen LogP contribution in [0, 0.1) is 6.92 Å². The number of aromatic nitrogens is 1. The number of benzene rings is 1. The summed E-state index contributed by atoms with van der Waals surface area (Å²) in [6.07, 6.45) is 0. The third kappa shape index (κ3) is 3.78. The van der Waals surface area contributed by atoms with Crippen LogP contribution in [0.4, 0.5) is 5.69 Å². The highest BCUT2D eigenvalue weighted by atomic mass is 35.5. The van der Waals surface area contributed by atoms with E-state index in [1.807, 2.05) is 6.92 Å². The van der Waals surface area contributed by atoms with Crippen molar-refractivity contribution in [3.05, 3.63) is 56.0 Å². The number of hydrogen-bond donors (Lipinski definition) is 2. The van der Waals surface area contributed by atoms with Gasteiger partial charge in [-0.3, -0.25) is 9.59 Å². The first-order chi connectivity index (χ1) is 12.7. The van der Waals surface area contributed by atoms with E-state index in [4.69, 9.17) is 28.9 Å². The number of anilines is 1. The van der Waals surface area contributed by atoms with Crippen molar-refractivity contribution in [1.82, 2.24) is 10.3 Å². The Labute approximate surface area is 170 Å². The van der Waals surface area contributed by atoms with Gasteiger partial charge in [0.2, 0.25) is 0 Å². The number of nitrogens with one attached hydrogen (secondary N) is 1. The zero-order chi connectivity index (χ0) is 19.9. The Morgan fingerprint density at radius 3 is 2.56 bits per heavy atom. The summed E-state index contributed by atoms with van der Waals surface area (Å²) in [6, 6.07) is 6.61. The lowest BCUT2D eigenvalue weighted by Gasteiger charge is -2.14. The highest BCUT2D eigenvalue weighted by molar-refractivity contribution is 7.21. The zero-order valence-corrected chi connectivity index (χ0v) is 17.2. The van der Waals surface area contributed by atoms with Crippen LogP contribution in [-0.2, 0) is 0 Å². The number of thiophene rings is 1. The van der Waals surface area contributed by atoms with Gasteiger partial charge in [-0.2, -0.15) is 0 Å². The van der Waals surface area contributed by atoms with E-state index in [9.17, 15) is 9.59 Å². The second-order valence-electron chi connectivity index (χ2n) is 6.24. The summed E-state index contributed by atoms with van der Waals surface area (Å²) in [5.41, 5.74) is 8.45. The van der Waals surface area contributed by atoms with Gasteiger partial charge in [0.05, 0.1) is 21.8 Å². The molecule has 0 fully saturated rings. The van der Waals surface area contributed by atoms with E-state index in [-0.39, 0.29) is 17.7 Å². The molecule has 3 aromatic rings. The number of nitrogens with zero attached hydrogens (tertiary/aromatic N) is 1. The van der Waals surface area contributed by atoms with Crippen molar-refractivity contribution in [2.75, 3.05) is 5.73 Å². The molecule has 1 aromatic carbocycles. The normalized spacial score (nSPS) is 12.2. The Morgan fingerprint density at radius 1 is 1.22 bits per heavy atom. The fraction of sp³-hybridized carbons (Fsp3) is 0.211. The molecule has 3 rings (SSSR count). The van der Waals surface area contributed by atoms with Crippen molar-refractivity contribution >= 4 is 62.1 Å². The first kappa shape index (κ1) is 19.6. The van der Waals surface area contributed by atoms with Gasteiger partial charge in [-0.1, -0.05) is 29.3 Å². The standard InChI is InChI=1S/C19H17Cl2N3O2S/c1-8(11-4-5-14(20)15(21)6-11)23-18(26)17-16(22)13-7-12(10(3)25)9(2)24-19(13)27-17/h4-8H,22H2,1-3H3,(H,23,26). The average Bonchev–Trinajstić information content (AvgIpc) is 2.92. The average molecular weight is 422 g/mol. The molecule has 0 bridgehead atoms. The number of ketones is 1. The lowest BCUT2D eigenvalue weighted by Crippen LogP contribution is -2.26. The summed E-state index contributed by atoms with van der Waals surface area (Å²) in [7, 11) is 0. The number of nitrogen functional groups attached to an aromatic ring is 1. The number of aryl methyl sites for hydroxylation is 1. The molecule has 1 unspecified atom stereocenters. The van der Waals surface area contributed by atoms with E-state index in [1.54, 1.807) is 31.2 Å². The van der Waals surface area contributed by atoms with Gasteiger partial charge < -0.3 is 11.1 Å². The van der Waals surface area contributed by atoms with Gasteiger partial charge in [-0.25, -0.2) is 4.98 Å². The smallest absolute Gasteiger partial charge is 0.264 e. The molecule has 1 amide bonds. The number of hydrogen-bond acceptors (Lipinski definition) is 5. The molecule has 0 aliphatic rings. The molecule has 8 heteroatoms. The van der Waals surface area contributed by atoms with Crippen molar-refractivity contribution in [2.45, 2.75) is 26.8 Å². The monoisotopic (exact) mass is 421 g/mol. The molecular formula is C19H17Cl2N3O2S. The minimum Gasteiger partial charge on any atom is -0.397 e. The molecule has 27 heavy (non-hydrogen) atoms. The molecule has 5 nitrogen and oxygen atoms in total. The largest absolute Gasteiger partial charge is 0.397 e. The number of amides is 1. The van der Waals surface area contributed by atoms with Crippen LogP contribution in [0.25, 0.3) is 10.2 Å². The van der Waals surface area contributed by atoms with Crippen LogP contribution in [0.2, 0.25) is 10.0 Å². The third-order valence-electron chi connectivity index (χ3n) is 4.29. The molecule has 0 aliphatic heterocycles.